The number of aryl methyl sites for hydroxylation is 1. The molecular formula is C47H59N11O8. The Balaban J connectivity index is 0.699. The van der Waals surface area contributed by atoms with E-state index < -0.39 is 35.6 Å². The summed E-state index contributed by atoms with van der Waals surface area (Å²) in [6.07, 6.45) is 13.3. The Morgan fingerprint density at radius 3 is 2.09 bits per heavy atom. The Morgan fingerprint density at radius 2 is 1.45 bits per heavy atom. The van der Waals surface area contributed by atoms with Crippen molar-refractivity contribution in [2.24, 2.45) is 18.9 Å². The highest BCUT2D eigenvalue weighted by Gasteiger charge is 2.45. The van der Waals surface area contributed by atoms with E-state index in [-0.39, 0.29) is 66.2 Å². The molecule has 6 aliphatic rings. The van der Waals surface area contributed by atoms with Crippen molar-refractivity contribution >= 4 is 58.9 Å². The van der Waals surface area contributed by atoms with Gasteiger partial charge < -0.3 is 25.2 Å². The highest BCUT2D eigenvalue weighted by Crippen LogP contribution is 2.37. The van der Waals surface area contributed by atoms with Gasteiger partial charge in [-0.05, 0) is 101 Å². The molecular weight excluding hydrogens is 847 g/mol. The Morgan fingerprint density at radius 1 is 0.788 bits per heavy atom. The molecule has 9 rings (SSSR count). The molecule has 4 aliphatic heterocycles. The van der Waals surface area contributed by atoms with E-state index in [2.05, 4.69) is 35.9 Å². The van der Waals surface area contributed by atoms with Crippen molar-refractivity contribution in [3.63, 3.8) is 0 Å². The molecule has 0 bridgehead atoms. The Bertz CT molecular complexity index is 2370. The van der Waals surface area contributed by atoms with Gasteiger partial charge in [0.1, 0.15) is 17.4 Å². The van der Waals surface area contributed by atoms with Gasteiger partial charge in [-0.15, -0.1) is 0 Å². The quantitative estimate of drug-likeness (QED) is 0.185. The molecule has 19 heteroatoms. The molecule has 3 aromatic rings. The smallest absolute Gasteiger partial charge is 0.343 e. The van der Waals surface area contributed by atoms with E-state index in [1.807, 2.05) is 29.1 Å². The maximum absolute atomic E-state index is 13.8. The molecule has 1 aromatic carbocycles. The second-order valence-electron chi connectivity index (χ2n) is 18.6. The van der Waals surface area contributed by atoms with E-state index in [4.69, 9.17) is 4.74 Å². The third-order valence-corrected chi connectivity index (χ3v) is 14.6. The van der Waals surface area contributed by atoms with Crippen molar-refractivity contribution in [3.05, 3.63) is 59.0 Å². The monoisotopic (exact) mass is 905 g/mol. The molecule has 2 aliphatic carbocycles. The van der Waals surface area contributed by atoms with Crippen LogP contribution in [0.1, 0.15) is 127 Å². The molecule has 19 nitrogen and oxygen atoms in total. The summed E-state index contributed by atoms with van der Waals surface area (Å²) in [5.41, 5.74) is 2.51. The number of hydrogen-bond donors (Lipinski definition) is 3. The number of carbonyl (C=O) groups excluding carboxylic acids is 7. The number of amides is 6. The lowest BCUT2D eigenvalue weighted by molar-refractivity contribution is -0.143. The minimum Gasteiger partial charge on any atom is -0.462 e. The number of carbonyl (C=O) groups is 7. The van der Waals surface area contributed by atoms with Gasteiger partial charge >= 0.3 is 5.97 Å². The van der Waals surface area contributed by atoms with E-state index in [1.54, 1.807) is 29.9 Å². The van der Waals surface area contributed by atoms with Crippen molar-refractivity contribution < 1.29 is 38.3 Å². The Kier molecular flexibility index (Phi) is 13.1. The van der Waals surface area contributed by atoms with Crippen molar-refractivity contribution in [1.82, 2.24) is 44.7 Å². The molecule has 6 amide bonds. The van der Waals surface area contributed by atoms with Gasteiger partial charge in [0.25, 0.3) is 11.8 Å². The van der Waals surface area contributed by atoms with E-state index in [9.17, 15) is 33.6 Å². The lowest BCUT2D eigenvalue weighted by atomic mass is 9.80. The Labute approximate surface area is 383 Å². The molecule has 350 valence electrons. The highest BCUT2D eigenvalue weighted by molar-refractivity contribution is 6.23. The van der Waals surface area contributed by atoms with Gasteiger partial charge in [-0.1, -0.05) is 6.07 Å². The highest BCUT2D eigenvalue weighted by atomic mass is 16.5. The second-order valence-corrected chi connectivity index (χ2v) is 18.6. The molecule has 3 N–H and O–H groups in total. The maximum Gasteiger partial charge on any atom is 0.343 e. The fourth-order valence-corrected chi connectivity index (χ4v) is 10.9. The van der Waals surface area contributed by atoms with Crippen LogP contribution in [0.5, 0.6) is 0 Å². The largest absolute Gasteiger partial charge is 0.462 e. The topological polar surface area (TPSA) is 221 Å². The molecule has 5 fully saturated rings. The van der Waals surface area contributed by atoms with Crippen molar-refractivity contribution in [3.8, 4) is 0 Å². The normalized spacial score (nSPS) is 25.4. The molecule has 6 heterocycles. The number of piperidine rings is 2. The van der Waals surface area contributed by atoms with Crippen LogP contribution >= 0.6 is 0 Å². The number of fused-ring (bicyclic) bond motifs is 1. The third kappa shape index (κ3) is 9.39. The number of esters is 1. The first-order chi connectivity index (χ1) is 31.9. The fourth-order valence-electron chi connectivity index (χ4n) is 10.9. The summed E-state index contributed by atoms with van der Waals surface area (Å²) >= 11 is 0. The van der Waals surface area contributed by atoms with Crippen LogP contribution < -0.4 is 16.0 Å². The van der Waals surface area contributed by atoms with Crippen molar-refractivity contribution in [2.45, 2.75) is 108 Å². The third-order valence-electron chi connectivity index (χ3n) is 14.6. The molecule has 2 saturated carbocycles. The van der Waals surface area contributed by atoms with Crippen LogP contribution in [-0.2, 0) is 31.0 Å². The minimum absolute atomic E-state index is 0.0606. The average molecular weight is 906 g/mol. The first kappa shape index (κ1) is 44.9. The number of benzene rings is 1. The van der Waals surface area contributed by atoms with Crippen LogP contribution in [0, 0.1) is 11.8 Å². The van der Waals surface area contributed by atoms with Gasteiger partial charge in [-0.25, -0.2) is 9.78 Å². The van der Waals surface area contributed by atoms with Gasteiger partial charge in [-0.2, -0.15) is 10.1 Å². The first-order valence-corrected chi connectivity index (χ1v) is 23.7. The van der Waals surface area contributed by atoms with E-state index in [1.165, 1.54) is 6.20 Å². The summed E-state index contributed by atoms with van der Waals surface area (Å²) in [6, 6.07) is 4.84. The predicted octanol–water partition coefficient (Wildman–Crippen LogP) is 3.61. The molecule has 1 unspecified atom stereocenters. The van der Waals surface area contributed by atoms with Crippen LogP contribution in [-0.4, -0.2) is 145 Å². The summed E-state index contributed by atoms with van der Waals surface area (Å²) in [5, 5.41) is 13.1. The summed E-state index contributed by atoms with van der Waals surface area (Å²) < 4.78 is 6.97. The number of imide groups is 2. The number of hydrogen-bond acceptors (Lipinski definition) is 14. The van der Waals surface area contributed by atoms with E-state index in [0.29, 0.717) is 75.2 Å². The van der Waals surface area contributed by atoms with Gasteiger partial charge in [0.2, 0.25) is 29.6 Å². The standard InChI is InChI=1S/C47H59N11O8/c1-3-66-46(65)37-26-48-47(51-33-25-49-54(2)27-33)53-40(37)50-32-9-11-34(12-10-32)55-20-22-57(23-21-55)43(62)30-6-4-29(5-7-30)42(61)56-18-16-28(17-19-56)31-8-13-35-36(24-31)45(64)58(44(35)63)38-14-15-39(59)52-41(38)60/h8,13,24-30,32,34,38H,3-7,9-12,14-23H2,1-2H3,(H,52,59,60)(H2,48,50,51,53). The summed E-state index contributed by atoms with van der Waals surface area (Å²) in [4.78, 5) is 107. The lowest BCUT2D eigenvalue weighted by Crippen LogP contribution is -2.54. The second kappa shape index (κ2) is 19.3. The number of anilines is 3. The first-order valence-electron chi connectivity index (χ1n) is 23.7. The fraction of sp³-hybridized carbons (Fsp3) is 0.574. The van der Waals surface area contributed by atoms with Crippen LogP contribution in [0.4, 0.5) is 17.5 Å². The van der Waals surface area contributed by atoms with Gasteiger partial charge in [-0.3, -0.25) is 48.6 Å². The van der Waals surface area contributed by atoms with Crippen LogP contribution in [0.2, 0.25) is 0 Å². The SMILES string of the molecule is CCOC(=O)c1cnc(Nc2cnn(C)c2)nc1NC1CCC(N2CCN(C(=O)C3CCC(C(=O)N4CCC(c5ccc6c(c5)C(=O)N(C5CCC(=O)NC5=O)C6=O)CC4)CC3)CC2)CC1. The molecule has 0 radical (unpaired) electrons. The number of nitrogens with one attached hydrogen (secondary N) is 3. The van der Waals surface area contributed by atoms with Gasteiger partial charge in [0.05, 0.1) is 29.6 Å². The van der Waals surface area contributed by atoms with Crippen LogP contribution in [0.15, 0.2) is 36.8 Å². The maximum atomic E-state index is 13.8. The number of likely N-dealkylation sites (tertiary alicyclic amines) is 1. The summed E-state index contributed by atoms with van der Waals surface area (Å²) in [6.45, 7) is 6.29. The zero-order valence-electron chi connectivity index (χ0n) is 37.7. The summed E-state index contributed by atoms with van der Waals surface area (Å²) in [5.74, 6) is -1.41. The van der Waals surface area contributed by atoms with Gasteiger partial charge in [0.15, 0.2) is 0 Å². The van der Waals surface area contributed by atoms with Gasteiger partial charge in [0, 0.05) is 89.1 Å². The zero-order chi connectivity index (χ0) is 46.1. The lowest BCUT2D eigenvalue weighted by Gasteiger charge is -2.43. The number of piperazine rings is 1. The van der Waals surface area contributed by atoms with Crippen LogP contribution in [0.3, 0.4) is 0 Å². The summed E-state index contributed by atoms with van der Waals surface area (Å²) in [7, 11) is 1.83. The van der Waals surface area contributed by atoms with Crippen LogP contribution in [0.25, 0.3) is 0 Å². The number of nitrogens with zero attached hydrogens (tertiary/aromatic N) is 8. The number of ether oxygens (including phenoxy) is 1. The zero-order valence-corrected chi connectivity index (χ0v) is 37.7. The molecule has 1 atom stereocenters. The van der Waals surface area contributed by atoms with Crippen molar-refractivity contribution in [1.29, 1.82) is 0 Å². The van der Waals surface area contributed by atoms with E-state index >= 15 is 0 Å². The predicted molar refractivity (Wildman–Crippen MR) is 239 cm³/mol. The number of aromatic nitrogens is 4. The molecule has 0 spiro atoms. The Hall–Kier alpha value is -6.24. The molecule has 66 heavy (non-hydrogen) atoms. The van der Waals surface area contributed by atoms with E-state index in [0.717, 1.165) is 67.8 Å². The molecule has 2 aromatic heterocycles. The van der Waals surface area contributed by atoms with Crippen molar-refractivity contribution in [2.75, 3.05) is 56.5 Å². The average Bonchev–Trinajstić information content (AvgIpc) is 3.86. The number of rotatable bonds is 11. The minimum atomic E-state index is -1.00. The molecule has 3 saturated heterocycles.